The van der Waals surface area contributed by atoms with E-state index in [1.807, 2.05) is 12.4 Å². The van der Waals surface area contributed by atoms with Crippen LogP contribution in [0.3, 0.4) is 0 Å². The van der Waals surface area contributed by atoms with Gasteiger partial charge in [0.2, 0.25) is 0 Å². The van der Waals surface area contributed by atoms with Gasteiger partial charge >= 0.3 is 0 Å². The minimum Gasteiger partial charge on any atom is -0.313 e. The van der Waals surface area contributed by atoms with Gasteiger partial charge in [0.1, 0.15) is 0 Å². The predicted molar refractivity (Wildman–Crippen MR) is 71.8 cm³/mol. The molecule has 2 aromatic rings. The van der Waals surface area contributed by atoms with E-state index in [1.165, 1.54) is 22.3 Å². The summed E-state index contributed by atoms with van der Waals surface area (Å²) in [6, 6.07) is 10.7. The maximum Gasteiger partial charge on any atom is 0.0346 e. The smallest absolute Gasteiger partial charge is 0.0346 e. The number of aromatic nitrogens is 1. The molecule has 88 valence electrons. The molecule has 0 aliphatic heterocycles. The van der Waals surface area contributed by atoms with Crippen molar-refractivity contribution < 1.29 is 0 Å². The van der Waals surface area contributed by atoms with Gasteiger partial charge in [-0.1, -0.05) is 36.8 Å². The van der Waals surface area contributed by atoms with Crippen LogP contribution in [0.1, 0.15) is 18.1 Å². The summed E-state index contributed by atoms with van der Waals surface area (Å²) in [6.45, 7) is 6.08. The number of hydrogen-bond donors (Lipinski definition) is 1. The van der Waals surface area contributed by atoms with Crippen LogP contribution in [-0.2, 0) is 6.54 Å². The van der Waals surface area contributed by atoms with Crippen LogP contribution in [0, 0.1) is 6.92 Å². The summed E-state index contributed by atoms with van der Waals surface area (Å²) in [5.41, 5.74) is 4.92. The van der Waals surface area contributed by atoms with E-state index >= 15 is 0 Å². The van der Waals surface area contributed by atoms with Gasteiger partial charge in [-0.3, -0.25) is 4.98 Å². The maximum absolute atomic E-state index is 4.30. The zero-order valence-electron chi connectivity index (χ0n) is 10.4. The molecular weight excluding hydrogens is 208 g/mol. The van der Waals surface area contributed by atoms with Crippen LogP contribution in [-0.4, -0.2) is 11.5 Å². The van der Waals surface area contributed by atoms with Crippen LogP contribution >= 0.6 is 0 Å². The van der Waals surface area contributed by atoms with E-state index in [1.54, 1.807) is 0 Å². The molecule has 0 saturated carbocycles. The van der Waals surface area contributed by atoms with Crippen molar-refractivity contribution in [1.29, 1.82) is 0 Å². The fraction of sp³-hybridized carbons (Fsp3) is 0.267. The van der Waals surface area contributed by atoms with Crippen molar-refractivity contribution in [1.82, 2.24) is 10.3 Å². The SMILES string of the molecule is CCNCc1cncc(-c2cccc(C)c2)c1. The van der Waals surface area contributed by atoms with Crippen LogP contribution in [0.2, 0.25) is 0 Å². The van der Waals surface area contributed by atoms with Gasteiger partial charge in [0.25, 0.3) is 0 Å². The molecule has 0 aliphatic rings. The molecule has 1 N–H and O–H groups in total. The second kappa shape index (κ2) is 5.60. The van der Waals surface area contributed by atoms with Gasteiger partial charge in [0.05, 0.1) is 0 Å². The fourth-order valence-electron chi connectivity index (χ4n) is 1.84. The van der Waals surface area contributed by atoms with Gasteiger partial charge in [0.15, 0.2) is 0 Å². The molecular formula is C15H18N2. The molecule has 0 saturated heterocycles. The topological polar surface area (TPSA) is 24.9 Å². The van der Waals surface area contributed by atoms with E-state index < -0.39 is 0 Å². The van der Waals surface area contributed by atoms with Gasteiger partial charge in [-0.2, -0.15) is 0 Å². The summed E-state index contributed by atoms with van der Waals surface area (Å²) < 4.78 is 0. The lowest BCUT2D eigenvalue weighted by Crippen LogP contribution is -2.11. The fourth-order valence-corrected chi connectivity index (χ4v) is 1.84. The summed E-state index contributed by atoms with van der Waals surface area (Å²) in [6.07, 6.45) is 3.84. The third-order valence-corrected chi connectivity index (χ3v) is 2.73. The van der Waals surface area contributed by atoms with Crippen LogP contribution in [0.25, 0.3) is 11.1 Å². The molecule has 0 amide bonds. The van der Waals surface area contributed by atoms with E-state index in [2.05, 4.69) is 54.5 Å². The molecule has 0 unspecified atom stereocenters. The Labute approximate surface area is 103 Å². The van der Waals surface area contributed by atoms with Crippen molar-refractivity contribution in [2.24, 2.45) is 0 Å². The zero-order valence-corrected chi connectivity index (χ0v) is 10.4. The summed E-state index contributed by atoms with van der Waals surface area (Å²) in [5, 5.41) is 3.31. The second-order valence-electron chi connectivity index (χ2n) is 4.23. The van der Waals surface area contributed by atoms with Gasteiger partial charge in [-0.15, -0.1) is 0 Å². The van der Waals surface area contributed by atoms with Gasteiger partial charge in [0, 0.05) is 24.5 Å². The summed E-state index contributed by atoms with van der Waals surface area (Å²) >= 11 is 0. The molecule has 17 heavy (non-hydrogen) atoms. The number of pyridine rings is 1. The largest absolute Gasteiger partial charge is 0.313 e. The second-order valence-corrected chi connectivity index (χ2v) is 4.23. The molecule has 0 spiro atoms. The van der Waals surface area contributed by atoms with Crippen LogP contribution in [0.5, 0.6) is 0 Å². The van der Waals surface area contributed by atoms with Crippen LogP contribution in [0.4, 0.5) is 0 Å². The molecule has 0 radical (unpaired) electrons. The quantitative estimate of drug-likeness (QED) is 0.866. The van der Waals surface area contributed by atoms with E-state index in [-0.39, 0.29) is 0 Å². The Morgan fingerprint density at radius 1 is 1.12 bits per heavy atom. The van der Waals surface area contributed by atoms with Crippen molar-refractivity contribution in [2.45, 2.75) is 20.4 Å². The van der Waals surface area contributed by atoms with Crippen molar-refractivity contribution in [3.63, 3.8) is 0 Å². The van der Waals surface area contributed by atoms with Crippen molar-refractivity contribution in [3.8, 4) is 11.1 Å². The number of benzene rings is 1. The average Bonchev–Trinajstić information content (AvgIpc) is 2.37. The molecule has 1 heterocycles. The molecule has 0 bridgehead atoms. The maximum atomic E-state index is 4.30. The van der Waals surface area contributed by atoms with Crippen molar-refractivity contribution in [2.75, 3.05) is 6.54 Å². The van der Waals surface area contributed by atoms with Crippen LogP contribution < -0.4 is 5.32 Å². The summed E-state index contributed by atoms with van der Waals surface area (Å²) in [5.74, 6) is 0. The molecule has 1 aromatic carbocycles. The highest BCUT2D eigenvalue weighted by atomic mass is 14.8. The molecule has 1 aromatic heterocycles. The Balaban J connectivity index is 2.26. The van der Waals surface area contributed by atoms with Crippen molar-refractivity contribution in [3.05, 3.63) is 53.9 Å². The van der Waals surface area contributed by atoms with Crippen LogP contribution in [0.15, 0.2) is 42.7 Å². The molecule has 0 atom stereocenters. The lowest BCUT2D eigenvalue weighted by Gasteiger charge is -2.06. The summed E-state index contributed by atoms with van der Waals surface area (Å²) in [4.78, 5) is 4.30. The first-order valence-electron chi connectivity index (χ1n) is 6.01. The molecule has 2 nitrogen and oxygen atoms in total. The third-order valence-electron chi connectivity index (χ3n) is 2.73. The van der Waals surface area contributed by atoms with Crippen molar-refractivity contribution >= 4 is 0 Å². The molecule has 0 aliphatic carbocycles. The number of nitrogens with one attached hydrogen (secondary N) is 1. The highest BCUT2D eigenvalue weighted by Crippen LogP contribution is 2.20. The molecule has 2 rings (SSSR count). The summed E-state index contributed by atoms with van der Waals surface area (Å²) in [7, 11) is 0. The number of hydrogen-bond acceptors (Lipinski definition) is 2. The Kier molecular flexibility index (Phi) is 3.89. The van der Waals surface area contributed by atoms with Gasteiger partial charge < -0.3 is 5.32 Å². The monoisotopic (exact) mass is 226 g/mol. The first kappa shape index (κ1) is 11.8. The first-order chi connectivity index (χ1) is 8.29. The van der Waals surface area contributed by atoms with Gasteiger partial charge in [-0.05, 0) is 30.7 Å². The minimum atomic E-state index is 0.878. The normalized spacial score (nSPS) is 10.5. The molecule has 0 fully saturated rings. The van der Waals surface area contributed by atoms with E-state index in [9.17, 15) is 0 Å². The lowest BCUT2D eigenvalue weighted by atomic mass is 10.0. The number of aryl methyl sites for hydroxylation is 1. The number of nitrogens with zero attached hydrogens (tertiary/aromatic N) is 1. The molecule has 2 heteroatoms. The third kappa shape index (κ3) is 3.14. The number of rotatable bonds is 4. The van der Waals surface area contributed by atoms with E-state index in [0.29, 0.717) is 0 Å². The lowest BCUT2D eigenvalue weighted by molar-refractivity contribution is 0.724. The minimum absolute atomic E-state index is 0.878. The Hall–Kier alpha value is -1.67. The predicted octanol–water partition coefficient (Wildman–Crippen LogP) is 3.17. The standard InChI is InChI=1S/C15H18N2/c1-3-16-9-13-8-15(11-17-10-13)14-6-4-5-12(2)7-14/h4-8,10-11,16H,3,9H2,1-2H3. The Bertz CT molecular complexity index is 492. The first-order valence-corrected chi connectivity index (χ1v) is 6.01. The highest BCUT2D eigenvalue weighted by molar-refractivity contribution is 5.63. The average molecular weight is 226 g/mol. The Morgan fingerprint density at radius 2 is 2.00 bits per heavy atom. The van der Waals surface area contributed by atoms with Gasteiger partial charge in [-0.25, -0.2) is 0 Å². The van der Waals surface area contributed by atoms with E-state index in [0.717, 1.165) is 13.1 Å². The Morgan fingerprint density at radius 3 is 2.76 bits per heavy atom. The highest BCUT2D eigenvalue weighted by Gasteiger charge is 2.00. The van der Waals surface area contributed by atoms with E-state index in [4.69, 9.17) is 0 Å². The zero-order chi connectivity index (χ0) is 12.1.